The van der Waals surface area contributed by atoms with Crippen LogP contribution in [-0.4, -0.2) is 10.9 Å². The van der Waals surface area contributed by atoms with Gasteiger partial charge < -0.3 is 9.73 Å². The third-order valence-electron chi connectivity index (χ3n) is 4.15. The second-order valence-corrected chi connectivity index (χ2v) is 6.93. The van der Waals surface area contributed by atoms with E-state index in [0.717, 1.165) is 6.07 Å². The van der Waals surface area contributed by atoms with Crippen LogP contribution in [0.3, 0.4) is 0 Å². The maximum atomic E-state index is 14.1. The molecule has 1 N–H and O–H groups in total. The average molecular weight is 426 g/mol. The topological polar surface area (TPSA) is 78.9 Å². The summed E-state index contributed by atoms with van der Waals surface area (Å²) in [6.07, 6.45) is 0. The molecule has 29 heavy (non-hydrogen) atoms. The van der Waals surface area contributed by atoms with E-state index < -0.39 is 11.7 Å². The Morgan fingerprint density at radius 1 is 1.10 bits per heavy atom. The number of hydrogen-bond donors (Lipinski definition) is 1. The third kappa shape index (κ3) is 3.79. The molecule has 0 unspecified atom stereocenters. The first kappa shape index (κ1) is 18.9. The summed E-state index contributed by atoms with van der Waals surface area (Å²) in [5, 5.41) is 12.2. The maximum absolute atomic E-state index is 14.1. The number of nitrogens with zero attached hydrogens (tertiary/aromatic N) is 2. The van der Waals surface area contributed by atoms with E-state index in [0.29, 0.717) is 27.6 Å². The molecule has 3 aromatic carbocycles. The van der Waals surface area contributed by atoms with Gasteiger partial charge in [-0.2, -0.15) is 5.26 Å². The number of hydrogen-bond acceptors (Lipinski definition) is 4. The molecular weight excluding hydrogens is 416 g/mol. The van der Waals surface area contributed by atoms with Crippen LogP contribution < -0.4 is 5.32 Å². The van der Waals surface area contributed by atoms with Gasteiger partial charge in [-0.3, -0.25) is 4.79 Å². The fourth-order valence-electron chi connectivity index (χ4n) is 2.74. The highest BCUT2D eigenvalue weighted by atomic mass is 35.5. The summed E-state index contributed by atoms with van der Waals surface area (Å²) < 4.78 is 19.8. The summed E-state index contributed by atoms with van der Waals surface area (Å²) in [7, 11) is 0. The Labute approximate surface area is 174 Å². The fraction of sp³-hybridized carbons (Fsp3) is 0. The fourth-order valence-corrected chi connectivity index (χ4v) is 3.07. The number of anilines is 1. The molecule has 8 heteroatoms. The highest BCUT2D eigenvalue weighted by Gasteiger charge is 2.16. The number of nitrogens with one attached hydrogen (secondary N) is 1. The minimum absolute atomic E-state index is 0.121. The minimum atomic E-state index is -0.801. The van der Waals surface area contributed by atoms with Crippen molar-refractivity contribution in [3.05, 3.63) is 81.6 Å². The van der Waals surface area contributed by atoms with E-state index in [-0.39, 0.29) is 21.8 Å². The van der Waals surface area contributed by atoms with Crippen LogP contribution in [0.2, 0.25) is 10.0 Å². The molecule has 0 spiro atoms. The van der Waals surface area contributed by atoms with Gasteiger partial charge in [0.1, 0.15) is 11.3 Å². The molecule has 1 heterocycles. The third-order valence-corrected chi connectivity index (χ3v) is 4.72. The monoisotopic (exact) mass is 425 g/mol. The summed E-state index contributed by atoms with van der Waals surface area (Å²) in [4.78, 5) is 16.9. The lowest BCUT2D eigenvalue weighted by Gasteiger charge is -2.09. The summed E-state index contributed by atoms with van der Waals surface area (Å²) in [6.45, 7) is 0. The molecule has 0 saturated carbocycles. The van der Waals surface area contributed by atoms with Gasteiger partial charge in [-0.05, 0) is 54.6 Å². The highest BCUT2D eigenvalue weighted by Crippen LogP contribution is 2.31. The Kier molecular flexibility index (Phi) is 4.93. The van der Waals surface area contributed by atoms with Crippen molar-refractivity contribution in [2.75, 3.05) is 5.32 Å². The molecule has 1 aromatic heterocycles. The van der Waals surface area contributed by atoms with Gasteiger partial charge in [0, 0.05) is 10.6 Å². The first-order valence-electron chi connectivity index (χ1n) is 8.31. The summed E-state index contributed by atoms with van der Waals surface area (Å²) >= 11 is 12.2. The Bertz CT molecular complexity index is 1310. The van der Waals surface area contributed by atoms with Crippen molar-refractivity contribution in [3.8, 4) is 17.5 Å². The van der Waals surface area contributed by atoms with E-state index in [2.05, 4.69) is 10.3 Å². The number of aromatic nitrogens is 1. The average Bonchev–Trinajstić information content (AvgIpc) is 3.12. The summed E-state index contributed by atoms with van der Waals surface area (Å²) in [5.74, 6) is -1.18. The molecule has 4 rings (SSSR count). The Morgan fingerprint density at radius 2 is 1.93 bits per heavy atom. The minimum Gasteiger partial charge on any atom is -0.436 e. The van der Waals surface area contributed by atoms with E-state index >= 15 is 0 Å². The zero-order valence-electron chi connectivity index (χ0n) is 14.5. The van der Waals surface area contributed by atoms with Gasteiger partial charge in [-0.25, -0.2) is 9.37 Å². The van der Waals surface area contributed by atoms with Crippen LogP contribution in [0, 0.1) is 17.1 Å². The smallest absolute Gasteiger partial charge is 0.258 e. The Balaban J connectivity index is 1.66. The zero-order chi connectivity index (χ0) is 20.5. The predicted octanol–water partition coefficient (Wildman–Crippen LogP) is 6.06. The first-order valence-corrected chi connectivity index (χ1v) is 9.07. The van der Waals surface area contributed by atoms with Gasteiger partial charge in [0.2, 0.25) is 5.89 Å². The number of benzene rings is 3. The van der Waals surface area contributed by atoms with Gasteiger partial charge >= 0.3 is 0 Å². The quantitative estimate of drug-likeness (QED) is 0.432. The first-order chi connectivity index (χ1) is 13.9. The lowest BCUT2D eigenvalue weighted by atomic mass is 10.1. The number of rotatable bonds is 3. The Hall–Kier alpha value is -3.40. The van der Waals surface area contributed by atoms with Crippen LogP contribution in [0.4, 0.5) is 10.1 Å². The number of halogens is 3. The second-order valence-electron chi connectivity index (χ2n) is 6.09. The van der Waals surface area contributed by atoms with Gasteiger partial charge in [-0.1, -0.05) is 23.2 Å². The molecule has 0 aliphatic heterocycles. The molecular formula is C21H10Cl2FN3O2. The number of nitriles is 1. The van der Waals surface area contributed by atoms with Gasteiger partial charge in [0.25, 0.3) is 5.91 Å². The van der Waals surface area contributed by atoms with Crippen LogP contribution in [0.5, 0.6) is 0 Å². The molecule has 0 aliphatic rings. The maximum Gasteiger partial charge on any atom is 0.258 e. The Morgan fingerprint density at radius 3 is 2.69 bits per heavy atom. The van der Waals surface area contributed by atoms with E-state index in [1.807, 2.05) is 6.07 Å². The summed E-state index contributed by atoms with van der Waals surface area (Å²) in [5.41, 5.74) is 1.89. The standard InChI is InChI=1S/C21H10Cl2FN3O2/c22-13-3-6-19-18(9-13)27-21(29-19)12-2-5-15(23)17(8-12)26-20(28)14-4-1-11(10-25)7-16(14)24/h1-9H,(H,26,28). The number of oxazole rings is 1. The van der Waals surface area contributed by atoms with Crippen LogP contribution in [0.15, 0.2) is 59.0 Å². The number of fused-ring (bicyclic) bond motifs is 1. The van der Waals surface area contributed by atoms with Crippen molar-refractivity contribution in [1.82, 2.24) is 4.98 Å². The molecule has 5 nitrogen and oxygen atoms in total. The largest absolute Gasteiger partial charge is 0.436 e. The van der Waals surface area contributed by atoms with E-state index in [1.54, 1.807) is 36.4 Å². The number of carbonyl (C=O) groups excluding carboxylic acids is 1. The van der Waals surface area contributed by atoms with Crippen molar-refractivity contribution in [1.29, 1.82) is 5.26 Å². The molecule has 142 valence electrons. The van der Waals surface area contributed by atoms with Crippen LogP contribution >= 0.6 is 23.2 Å². The molecule has 0 bridgehead atoms. The van der Waals surface area contributed by atoms with Crippen molar-refractivity contribution in [2.45, 2.75) is 0 Å². The van der Waals surface area contributed by atoms with Crippen molar-refractivity contribution in [3.63, 3.8) is 0 Å². The predicted molar refractivity (Wildman–Crippen MR) is 109 cm³/mol. The van der Waals surface area contributed by atoms with Crippen molar-refractivity contribution < 1.29 is 13.6 Å². The molecule has 0 aliphatic carbocycles. The van der Waals surface area contributed by atoms with Crippen molar-refractivity contribution >= 4 is 45.9 Å². The van der Waals surface area contributed by atoms with Crippen molar-refractivity contribution in [2.24, 2.45) is 0 Å². The second kappa shape index (κ2) is 7.55. The normalized spacial score (nSPS) is 10.7. The van der Waals surface area contributed by atoms with Crippen LogP contribution in [0.1, 0.15) is 15.9 Å². The van der Waals surface area contributed by atoms with Crippen LogP contribution in [0.25, 0.3) is 22.6 Å². The van der Waals surface area contributed by atoms with Gasteiger partial charge in [0.05, 0.1) is 27.9 Å². The molecule has 0 fully saturated rings. The SMILES string of the molecule is N#Cc1ccc(C(=O)Nc2cc(-c3nc4cc(Cl)ccc4o3)ccc2Cl)c(F)c1. The van der Waals surface area contributed by atoms with E-state index in [4.69, 9.17) is 32.9 Å². The molecule has 0 saturated heterocycles. The molecule has 1 amide bonds. The molecule has 0 atom stereocenters. The number of amides is 1. The lowest BCUT2D eigenvalue weighted by molar-refractivity contribution is 0.102. The summed E-state index contributed by atoms with van der Waals surface area (Å²) in [6, 6.07) is 15.3. The van der Waals surface area contributed by atoms with Gasteiger partial charge in [-0.15, -0.1) is 0 Å². The van der Waals surface area contributed by atoms with E-state index in [1.165, 1.54) is 12.1 Å². The highest BCUT2D eigenvalue weighted by molar-refractivity contribution is 6.34. The van der Waals surface area contributed by atoms with E-state index in [9.17, 15) is 9.18 Å². The molecule has 0 radical (unpaired) electrons. The van der Waals surface area contributed by atoms with Gasteiger partial charge in [0.15, 0.2) is 5.58 Å². The van der Waals surface area contributed by atoms with Crippen LogP contribution in [-0.2, 0) is 0 Å². The lowest BCUT2D eigenvalue weighted by Crippen LogP contribution is -2.14. The number of carbonyl (C=O) groups is 1. The molecule has 4 aromatic rings. The zero-order valence-corrected chi connectivity index (χ0v) is 16.1.